The number of aliphatic carboxylic acids is 1. The van der Waals surface area contributed by atoms with Gasteiger partial charge in [-0.2, -0.15) is 0 Å². The molecule has 0 radical (unpaired) electrons. The van der Waals surface area contributed by atoms with Crippen LogP contribution in [-0.2, 0) is 17.8 Å². The van der Waals surface area contributed by atoms with Crippen LogP contribution in [0, 0.1) is 19.8 Å². The summed E-state index contributed by atoms with van der Waals surface area (Å²) in [5, 5.41) is 20.6. The number of aromatic nitrogens is 4. The largest absolute Gasteiger partial charge is 0.481 e. The fourth-order valence-electron chi connectivity index (χ4n) is 2.12. The van der Waals surface area contributed by atoms with E-state index in [1.165, 1.54) is 16.7 Å². The van der Waals surface area contributed by atoms with Crippen LogP contribution in [-0.4, -0.2) is 31.3 Å². The molecule has 1 N–H and O–H groups in total. The van der Waals surface area contributed by atoms with E-state index in [0.29, 0.717) is 19.4 Å². The van der Waals surface area contributed by atoms with Crippen LogP contribution in [0.25, 0.3) is 0 Å². The van der Waals surface area contributed by atoms with Crippen LogP contribution in [0.5, 0.6) is 0 Å². The van der Waals surface area contributed by atoms with Gasteiger partial charge in [-0.25, -0.2) is 4.68 Å². The minimum atomic E-state index is -0.792. The molecule has 0 aliphatic carbocycles. The van der Waals surface area contributed by atoms with Gasteiger partial charge in [-0.1, -0.05) is 30.7 Å². The van der Waals surface area contributed by atoms with E-state index < -0.39 is 11.9 Å². The molecule has 6 nitrogen and oxygen atoms in total. The minimum absolute atomic E-state index is 0.400. The summed E-state index contributed by atoms with van der Waals surface area (Å²) in [6, 6.07) is 6.30. The molecule has 1 atom stereocenters. The van der Waals surface area contributed by atoms with Gasteiger partial charge in [0, 0.05) is 13.0 Å². The van der Waals surface area contributed by atoms with Crippen LogP contribution < -0.4 is 0 Å². The van der Waals surface area contributed by atoms with Crippen molar-refractivity contribution in [2.24, 2.45) is 5.92 Å². The second kappa shape index (κ2) is 6.47. The highest BCUT2D eigenvalue weighted by atomic mass is 16.4. The maximum atomic E-state index is 10.9. The molecule has 1 unspecified atom stereocenters. The number of rotatable bonds is 6. The van der Waals surface area contributed by atoms with Gasteiger partial charge >= 0.3 is 5.97 Å². The van der Waals surface area contributed by atoms with E-state index in [-0.39, 0.29) is 0 Å². The fraction of sp³-hybridized carbons (Fsp3) is 0.467. The first-order chi connectivity index (χ1) is 9.97. The highest BCUT2D eigenvalue weighted by molar-refractivity contribution is 5.69. The second-order valence-electron chi connectivity index (χ2n) is 5.45. The van der Waals surface area contributed by atoms with Crippen molar-refractivity contribution in [3.63, 3.8) is 0 Å². The zero-order valence-corrected chi connectivity index (χ0v) is 12.6. The monoisotopic (exact) mass is 288 g/mol. The summed E-state index contributed by atoms with van der Waals surface area (Å²) in [5.41, 5.74) is 3.60. The zero-order chi connectivity index (χ0) is 15.4. The Morgan fingerprint density at radius 3 is 2.86 bits per heavy atom. The van der Waals surface area contributed by atoms with Gasteiger partial charge in [-0.3, -0.25) is 4.79 Å². The first-order valence-electron chi connectivity index (χ1n) is 7.01. The van der Waals surface area contributed by atoms with E-state index in [9.17, 15) is 4.79 Å². The van der Waals surface area contributed by atoms with Gasteiger partial charge < -0.3 is 5.11 Å². The molecule has 1 aromatic heterocycles. The SMILES string of the molecule is Cc1ccc(C)c(Cc2nnnn2CCC(C)C(=O)O)c1. The maximum Gasteiger partial charge on any atom is 0.306 e. The molecule has 0 spiro atoms. The van der Waals surface area contributed by atoms with Gasteiger partial charge in [-0.05, 0) is 41.8 Å². The molecule has 0 amide bonds. The molecule has 21 heavy (non-hydrogen) atoms. The van der Waals surface area contributed by atoms with E-state index in [2.05, 4.69) is 47.6 Å². The lowest BCUT2D eigenvalue weighted by Gasteiger charge is -2.09. The van der Waals surface area contributed by atoms with Crippen LogP contribution >= 0.6 is 0 Å². The standard InChI is InChI=1S/C15H20N4O2/c1-10-4-5-11(2)13(8-10)9-14-16-17-18-19(14)7-6-12(3)15(20)21/h4-5,8,12H,6-7,9H2,1-3H3,(H,20,21). The van der Waals surface area contributed by atoms with Gasteiger partial charge in [0.25, 0.3) is 0 Å². The van der Waals surface area contributed by atoms with Crippen molar-refractivity contribution in [1.29, 1.82) is 0 Å². The minimum Gasteiger partial charge on any atom is -0.481 e. The molecule has 2 rings (SSSR count). The lowest BCUT2D eigenvalue weighted by atomic mass is 10.0. The highest BCUT2D eigenvalue weighted by Gasteiger charge is 2.14. The Kier molecular flexibility index (Phi) is 4.67. The van der Waals surface area contributed by atoms with E-state index in [1.54, 1.807) is 11.6 Å². The molecule has 1 aromatic carbocycles. The lowest BCUT2D eigenvalue weighted by molar-refractivity contribution is -0.141. The van der Waals surface area contributed by atoms with Crippen molar-refractivity contribution in [2.45, 2.75) is 40.2 Å². The van der Waals surface area contributed by atoms with Gasteiger partial charge in [0.2, 0.25) is 0 Å². The van der Waals surface area contributed by atoms with Crippen molar-refractivity contribution >= 4 is 5.97 Å². The third kappa shape index (κ3) is 3.87. The molecule has 6 heteroatoms. The first kappa shape index (κ1) is 15.2. The van der Waals surface area contributed by atoms with Gasteiger partial charge in [0.15, 0.2) is 5.82 Å². The second-order valence-corrected chi connectivity index (χ2v) is 5.45. The predicted octanol–water partition coefficient (Wildman–Crippen LogP) is 1.99. The summed E-state index contributed by atoms with van der Waals surface area (Å²) in [7, 11) is 0. The Bertz CT molecular complexity index is 636. The van der Waals surface area contributed by atoms with Crippen LogP contribution in [0.15, 0.2) is 18.2 Å². The molecule has 0 bridgehead atoms. The third-order valence-electron chi connectivity index (χ3n) is 3.65. The van der Waals surface area contributed by atoms with Crippen LogP contribution in [0.3, 0.4) is 0 Å². The lowest BCUT2D eigenvalue weighted by Crippen LogP contribution is -2.15. The van der Waals surface area contributed by atoms with Crippen molar-refractivity contribution in [3.8, 4) is 0 Å². The van der Waals surface area contributed by atoms with Crippen molar-refractivity contribution in [3.05, 3.63) is 40.7 Å². The summed E-state index contributed by atoms with van der Waals surface area (Å²) in [6.45, 7) is 6.33. The number of nitrogens with zero attached hydrogens (tertiary/aromatic N) is 4. The number of hydrogen-bond donors (Lipinski definition) is 1. The Morgan fingerprint density at radius 1 is 1.38 bits per heavy atom. The Hall–Kier alpha value is -2.24. The summed E-state index contributed by atoms with van der Waals surface area (Å²) in [5.74, 6) is -0.428. The van der Waals surface area contributed by atoms with Crippen LogP contribution in [0.2, 0.25) is 0 Å². The molecule has 1 heterocycles. The molecule has 2 aromatic rings. The Balaban J connectivity index is 2.10. The quantitative estimate of drug-likeness (QED) is 0.879. The van der Waals surface area contributed by atoms with E-state index >= 15 is 0 Å². The van der Waals surface area contributed by atoms with Crippen LogP contribution in [0.4, 0.5) is 0 Å². The number of benzene rings is 1. The van der Waals surface area contributed by atoms with E-state index in [0.717, 1.165) is 5.82 Å². The van der Waals surface area contributed by atoms with E-state index in [4.69, 9.17) is 5.11 Å². The molecular formula is C15H20N4O2. The van der Waals surface area contributed by atoms with Crippen molar-refractivity contribution < 1.29 is 9.90 Å². The van der Waals surface area contributed by atoms with Gasteiger partial charge in [-0.15, -0.1) is 5.10 Å². The molecule has 0 aliphatic heterocycles. The number of hydrogen-bond acceptors (Lipinski definition) is 4. The maximum absolute atomic E-state index is 10.9. The predicted molar refractivity (Wildman–Crippen MR) is 78.0 cm³/mol. The molecule has 112 valence electrons. The van der Waals surface area contributed by atoms with Crippen LogP contribution in [0.1, 0.15) is 35.9 Å². The van der Waals surface area contributed by atoms with Crippen molar-refractivity contribution in [2.75, 3.05) is 0 Å². The first-order valence-corrected chi connectivity index (χ1v) is 7.01. The summed E-state index contributed by atoms with van der Waals surface area (Å²) >= 11 is 0. The molecule has 0 saturated carbocycles. The number of carbonyl (C=O) groups is 1. The smallest absolute Gasteiger partial charge is 0.306 e. The van der Waals surface area contributed by atoms with E-state index in [1.807, 2.05) is 0 Å². The average molecular weight is 288 g/mol. The molecular weight excluding hydrogens is 268 g/mol. The fourth-order valence-corrected chi connectivity index (χ4v) is 2.12. The number of carboxylic acids is 1. The summed E-state index contributed by atoms with van der Waals surface area (Å²) < 4.78 is 1.70. The third-order valence-corrected chi connectivity index (χ3v) is 3.65. The topological polar surface area (TPSA) is 80.9 Å². The molecule has 0 saturated heterocycles. The molecule has 0 aliphatic rings. The average Bonchev–Trinajstić information content (AvgIpc) is 2.87. The molecule has 0 fully saturated rings. The zero-order valence-electron chi connectivity index (χ0n) is 12.6. The number of aryl methyl sites for hydroxylation is 3. The van der Waals surface area contributed by atoms with Crippen molar-refractivity contribution in [1.82, 2.24) is 20.2 Å². The highest BCUT2D eigenvalue weighted by Crippen LogP contribution is 2.15. The number of tetrazole rings is 1. The summed E-state index contributed by atoms with van der Waals surface area (Å²) in [6.07, 6.45) is 1.17. The summed E-state index contributed by atoms with van der Waals surface area (Å²) in [4.78, 5) is 10.9. The normalized spacial score (nSPS) is 12.3. The Labute approximate surface area is 123 Å². The Morgan fingerprint density at radius 2 is 2.14 bits per heavy atom. The van der Waals surface area contributed by atoms with Gasteiger partial charge in [0.1, 0.15) is 0 Å². The van der Waals surface area contributed by atoms with Gasteiger partial charge in [0.05, 0.1) is 5.92 Å². The number of carboxylic acid groups (broad SMARTS) is 1.